The van der Waals surface area contributed by atoms with Crippen molar-refractivity contribution in [2.45, 2.75) is 18.3 Å². The molecule has 1 unspecified atom stereocenters. The number of hydrogen-bond acceptors (Lipinski definition) is 3. The van der Waals surface area contributed by atoms with Gasteiger partial charge in [0.1, 0.15) is 22.2 Å². The molecule has 0 aliphatic rings. The number of nitrogens with one attached hydrogen (secondary N) is 2. The van der Waals surface area contributed by atoms with E-state index in [1.54, 1.807) is 6.07 Å². The van der Waals surface area contributed by atoms with Gasteiger partial charge in [-0.15, -0.1) is 0 Å². The number of allylic oxidation sites excluding steroid dienone is 1. The van der Waals surface area contributed by atoms with Crippen LogP contribution in [0, 0.1) is 0 Å². The molecule has 3 aromatic rings. The first-order valence-electron chi connectivity index (χ1n) is 10.1. The van der Waals surface area contributed by atoms with Crippen molar-refractivity contribution in [2.75, 3.05) is 5.43 Å². The SMILES string of the molecule is O=C(NNc1cccc(Br)n1)c1ccc(/C(F)=C/C(c2cc(Cl)c(Cl)c(Cl)c2)C(F)(F)F)cc1C(F)(F)F. The van der Waals surface area contributed by atoms with E-state index in [1.807, 2.05) is 5.43 Å². The number of hydrazine groups is 1. The predicted molar refractivity (Wildman–Crippen MR) is 134 cm³/mol. The Balaban J connectivity index is 1.98. The maximum Gasteiger partial charge on any atom is 0.417 e. The van der Waals surface area contributed by atoms with Crippen LogP contribution in [0.4, 0.5) is 36.6 Å². The van der Waals surface area contributed by atoms with Crippen LogP contribution in [0.2, 0.25) is 15.1 Å². The van der Waals surface area contributed by atoms with Gasteiger partial charge in [-0.25, -0.2) is 9.37 Å². The Labute approximate surface area is 233 Å². The molecule has 0 aliphatic heterocycles. The molecule has 3 rings (SSSR count). The van der Waals surface area contributed by atoms with Gasteiger partial charge in [-0.2, -0.15) is 26.3 Å². The van der Waals surface area contributed by atoms with Crippen molar-refractivity contribution < 1.29 is 35.5 Å². The minimum absolute atomic E-state index is 0.0750. The average molecular weight is 666 g/mol. The van der Waals surface area contributed by atoms with E-state index in [0.717, 1.165) is 18.2 Å². The second-order valence-corrected chi connectivity index (χ2v) is 9.52. The quantitative estimate of drug-likeness (QED) is 0.120. The standard InChI is InChI=1S/C23H12BrCl3F7N3O/c24-18-2-1-3-19(35-18)36-37-21(38)12-5-4-10(6-14(12)23(32,33)34)17(28)9-13(22(29,30)31)11-7-15(25)20(27)16(26)8-11/h1-9,13H,(H,35,36)(H,37,38)/b17-9-. The molecule has 202 valence electrons. The van der Waals surface area contributed by atoms with Crippen molar-refractivity contribution in [3.8, 4) is 0 Å². The Bertz CT molecular complexity index is 1370. The highest BCUT2D eigenvalue weighted by atomic mass is 79.9. The Kier molecular flexibility index (Phi) is 9.23. The van der Waals surface area contributed by atoms with Gasteiger partial charge in [-0.3, -0.25) is 15.6 Å². The first-order chi connectivity index (χ1) is 17.6. The molecule has 0 fully saturated rings. The molecule has 0 radical (unpaired) electrons. The van der Waals surface area contributed by atoms with E-state index >= 15 is 0 Å². The summed E-state index contributed by atoms with van der Waals surface area (Å²) >= 11 is 20.4. The number of hydrogen-bond donors (Lipinski definition) is 2. The van der Waals surface area contributed by atoms with Crippen LogP contribution in [0.15, 0.2) is 59.2 Å². The molecule has 0 spiro atoms. The molecule has 1 aromatic heterocycles. The minimum Gasteiger partial charge on any atom is -0.282 e. The number of pyridine rings is 1. The number of aromatic nitrogens is 1. The Morgan fingerprint density at radius 3 is 2.16 bits per heavy atom. The highest BCUT2D eigenvalue weighted by Gasteiger charge is 2.41. The van der Waals surface area contributed by atoms with Gasteiger partial charge in [0, 0.05) is 5.56 Å². The lowest BCUT2D eigenvalue weighted by molar-refractivity contribution is -0.140. The van der Waals surface area contributed by atoms with E-state index in [1.165, 1.54) is 12.1 Å². The molecule has 0 bridgehead atoms. The summed E-state index contributed by atoms with van der Waals surface area (Å²) in [5.74, 6) is -5.43. The molecule has 0 saturated carbocycles. The topological polar surface area (TPSA) is 54.0 Å². The van der Waals surface area contributed by atoms with Crippen molar-refractivity contribution >= 4 is 68.3 Å². The van der Waals surface area contributed by atoms with Crippen molar-refractivity contribution in [1.29, 1.82) is 0 Å². The Hall–Kier alpha value is -2.54. The maximum atomic E-state index is 15.0. The summed E-state index contributed by atoms with van der Waals surface area (Å²) in [7, 11) is 0. The average Bonchev–Trinajstić information content (AvgIpc) is 2.82. The molecular formula is C23H12BrCl3F7N3O. The summed E-state index contributed by atoms with van der Waals surface area (Å²) in [6.07, 6.45) is -10.2. The Morgan fingerprint density at radius 1 is 0.974 bits per heavy atom. The Morgan fingerprint density at radius 2 is 1.61 bits per heavy atom. The lowest BCUT2D eigenvalue weighted by atomic mass is 9.95. The van der Waals surface area contributed by atoms with Crippen LogP contribution in [-0.2, 0) is 6.18 Å². The zero-order valence-corrected chi connectivity index (χ0v) is 22.1. The third-order valence-corrected chi connectivity index (χ3v) is 6.53. The molecule has 2 N–H and O–H groups in total. The van der Waals surface area contributed by atoms with Gasteiger partial charge in [-0.1, -0.05) is 46.9 Å². The summed E-state index contributed by atoms with van der Waals surface area (Å²) < 4.78 is 97.8. The molecular weight excluding hydrogens is 654 g/mol. The fourth-order valence-corrected chi connectivity index (χ4v) is 4.12. The molecule has 0 aliphatic carbocycles. The molecule has 2 aromatic carbocycles. The van der Waals surface area contributed by atoms with Crippen LogP contribution in [0.1, 0.15) is 33.0 Å². The number of anilines is 1. The highest BCUT2D eigenvalue weighted by molar-refractivity contribution is 9.10. The minimum atomic E-state index is -5.16. The third kappa shape index (κ3) is 7.31. The molecule has 4 nitrogen and oxygen atoms in total. The predicted octanol–water partition coefficient (Wildman–Crippen LogP) is 9.24. The lowest BCUT2D eigenvalue weighted by Gasteiger charge is -2.19. The first kappa shape index (κ1) is 30.0. The van der Waals surface area contributed by atoms with Crippen LogP contribution in [0.25, 0.3) is 5.83 Å². The van der Waals surface area contributed by atoms with Gasteiger partial charge in [0.2, 0.25) is 0 Å². The van der Waals surface area contributed by atoms with E-state index in [0.29, 0.717) is 10.7 Å². The maximum absolute atomic E-state index is 15.0. The second kappa shape index (κ2) is 11.7. The molecule has 1 amide bonds. The van der Waals surface area contributed by atoms with Gasteiger partial charge < -0.3 is 0 Å². The molecule has 1 heterocycles. The van der Waals surface area contributed by atoms with Gasteiger partial charge >= 0.3 is 12.4 Å². The van der Waals surface area contributed by atoms with E-state index < -0.39 is 52.3 Å². The molecule has 38 heavy (non-hydrogen) atoms. The summed E-state index contributed by atoms with van der Waals surface area (Å²) in [6, 6.07) is 7.76. The smallest absolute Gasteiger partial charge is 0.282 e. The lowest BCUT2D eigenvalue weighted by Crippen LogP contribution is -2.31. The van der Waals surface area contributed by atoms with Gasteiger partial charge in [0.25, 0.3) is 5.91 Å². The number of rotatable bonds is 6. The number of alkyl halides is 6. The largest absolute Gasteiger partial charge is 0.417 e. The van der Waals surface area contributed by atoms with Gasteiger partial charge in [0.05, 0.1) is 26.2 Å². The van der Waals surface area contributed by atoms with E-state index in [-0.39, 0.29) is 33.0 Å². The molecule has 1 atom stereocenters. The van der Waals surface area contributed by atoms with Crippen LogP contribution in [0.3, 0.4) is 0 Å². The molecule has 15 heteroatoms. The summed E-state index contributed by atoms with van der Waals surface area (Å²) in [4.78, 5) is 16.4. The van der Waals surface area contributed by atoms with Crippen LogP contribution in [-0.4, -0.2) is 17.1 Å². The van der Waals surface area contributed by atoms with E-state index in [2.05, 4.69) is 26.3 Å². The fraction of sp³-hybridized carbons (Fsp3) is 0.130. The van der Waals surface area contributed by atoms with Gasteiger partial charge in [0.15, 0.2) is 0 Å². The second-order valence-electron chi connectivity index (χ2n) is 7.52. The third-order valence-electron chi connectivity index (χ3n) is 4.90. The van der Waals surface area contributed by atoms with Gasteiger partial charge in [-0.05, 0) is 64.0 Å². The van der Waals surface area contributed by atoms with Crippen molar-refractivity contribution in [3.63, 3.8) is 0 Å². The monoisotopic (exact) mass is 663 g/mol. The van der Waals surface area contributed by atoms with Crippen molar-refractivity contribution in [2.24, 2.45) is 0 Å². The first-order valence-corrected chi connectivity index (χ1v) is 12.0. The zero-order chi connectivity index (χ0) is 28.4. The normalized spacial score (nSPS) is 13.3. The summed E-state index contributed by atoms with van der Waals surface area (Å²) in [5.41, 5.74) is 0.410. The number of carbonyl (C=O) groups excluding carboxylic acids is 1. The van der Waals surface area contributed by atoms with E-state index in [4.69, 9.17) is 34.8 Å². The summed E-state index contributed by atoms with van der Waals surface area (Å²) in [6.45, 7) is 0. The van der Waals surface area contributed by atoms with Crippen molar-refractivity contribution in [1.82, 2.24) is 10.4 Å². The van der Waals surface area contributed by atoms with Crippen LogP contribution >= 0.6 is 50.7 Å². The number of benzene rings is 2. The number of carbonyl (C=O) groups is 1. The zero-order valence-electron chi connectivity index (χ0n) is 18.3. The van der Waals surface area contributed by atoms with Crippen LogP contribution in [0.5, 0.6) is 0 Å². The number of nitrogens with zero attached hydrogens (tertiary/aromatic N) is 1. The highest BCUT2D eigenvalue weighted by Crippen LogP contribution is 2.42. The number of halogens is 11. The van der Waals surface area contributed by atoms with E-state index in [9.17, 15) is 35.5 Å². The fourth-order valence-electron chi connectivity index (χ4n) is 3.17. The van der Waals surface area contributed by atoms with Crippen LogP contribution < -0.4 is 10.9 Å². The summed E-state index contributed by atoms with van der Waals surface area (Å²) in [5, 5.41) is -0.895. The number of amides is 1. The molecule has 0 saturated heterocycles. The van der Waals surface area contributed by atoms with Crippen molar-refractivity contribution in [3.05, 3.63) is 96.5 Å².